The number of nitrogens with zero attached hydrogens (tertiary/aromatic N) is 2. The Balaban J connectivity index is 2.29. The fourth-order valence-corrected chi connectivity index (χ4v) is 3.96. The van der Waals surface area contributed by atoms with Crippen molar-refractivity contribution in [2.45, 2.75) is 16.3 Å². The maximum atomic E-state index is 10.9. The van der Waals surface area contributed by atoms with Gasteiger partial charge in [0, 0.05) is 6.20 Å². The lowest BCUT2D eigenvalue weighted by molar-refractivity contribution is 0.0701. The lowest BCUT2D eigenvalue weighted by Gasteiger charge is -2.00. The van der Waals surface area contributed by atoms with Crippen LogP contribution < -0.4 is 0 Å². The monoisotopic (exact) mass is 364 g/mol. The van der Waals surface area contributed by atoms with Crippen LogP contribution in [-0.2, 0) is 0 Å². The molecule has 0 aliphatic carbocycles. The van der Waals surface area contributed by atoms with Crippen LogP contribution in [0.3, 0.4) is 0 Å². The van der Waals surface area contributed by atoms with Crippen molar-refractivity contribution in [3.63, 3.8) is 0 Å². The van der Waals surface area contributed by atoms with Gasteiger partial charge in [-0.1, -0.05) is 22.9 Å². The molecule has 18 heavy (non-hydrogen) atoms. The van der Waals surface area contributed by atoms with Crippen LogP contribution in [0.25, 0.3) is 0 Å². The average Bonchev–Trinajstić information content (AvgIpc) is 2.64. The zero-order chi connectivity index (χ0) is 13.3. The first kappa shape index (κ1) is 13.8. The van der Waals surface area contributed by atoms with Gasteiger partial charge >= 0.3 is 5.97 Å². The van der Waals surface area contributed by atoms with Gasteiger partial charge in [0.25, 0.3) is 0 Å². The van der Waals surface area contributed by atoms with Crippen LogP contribution in [0.1, 0.15) is 15.4 Å². The molecule has 94 valence electrons. The number of thiazole rings is 1. The number of halogens is 2. The van der Waals surface area contributed by atoms with Gasteiger partial charge in [0.05, 0.1) is 15.2 Å². The van der Waals surface area contributed by atoms with E-state index in [1.807, 2.05) is 0 Å². The normalized spacial score (nSPS) is 10.6. The first-order valence-corrected chi connectivity index (χ1v) is 7.47. The number of rotatable bonds is 3. The molecular weight excluding hydrogens is 360 g/mol. The second kappa shape index (κ2) is 5.56. The summed E-state index contributed by atoms with van der Waals surface area (Å²) in [6, 6.07) is 1.73. The molecule has 0 fully saturated rings. The van der Waals surface area contributed by atoms with E-state index in [0.717, 1.165) is 15.8 Å². The number of carboxylic acid groups (broad SMARTS) is 1. The summed E-state index contributed by atoms with van der Waals surface area (Å²) >= 11 is 11.6. The van der Waals surface area contributed by atoms with Crippen LogP contribution in [0.4, 0.5) is 0 Å². The molecule has 8 heteroatoms. The summed E-state index contributed by atoms with van der Waals surface area (Å²) in [5.74, 6) is -0.958. The summed E-state index contributed by atoms with van der Waals surface area (Å²) in [5, 5.41) is 10.2. The van der Waals surface area contributed by atoms with Crippen molar-refractivity contribution in [3.8, 4) is 0 Å². The summed E-state index contributed by atoms with van der Waals surface area (Å²) in [5.41, 5.74) is 0.514. The number of pyridine rings is 1. The van der Waals surface area contributed by atoms with E-state index < -0.39 is 5.97 Å². The predicted octanol–water partition coefficient (Wildman–Crippen LogP) is 4.11. The van der Waals surface area contributed by atoms with Crippen molar-refractivity contribution < 1.29 is 9.90 Å². The Morgan fingerprint density at radius 3 is 2.89 bits per heavy atom. The standard InChI is InChI=1S/C10H6BrClN2O2S2/c1-4-7(9(15)16)17-10(14-4)18-8-6(11)2-5(12)3-13-8/h2-3H,1H3,(H,15,16). The molecule has 4 nitrogen and oxygen atoms in total. The molecule has 2 aromatic rings. The molecule has 0 unspecified atom stereocenters. The van der Waals surface area contributed by atoms with Crippen molar-refractivity contribution in [3.05, 3.63) is 32.3 Å². The van der Waals surface area contributed by atoms with Gasteiger partial charge in [-0.25, -0.2) is 14.8 Å². The molecule has 0 saturated heterocycles. The zero-order valence-corrected chi connectivity index (χ0v) is 13.0. The third-order valence-corrected chi connectivity index (χ3v) is 5.23. The molecular formula is C10H6BrClN2O2S2. The van der Waals surface area contributed by atoms with Crippen molar-refractivity contribution in [1.82, 2.24) is 9.97 Å². The van der Waals surface area contributed by atoms with Crippen LogP contribution in [0.15, 0.2) is 26.1 Å². The molecule has 0 amide bonds. The number of hydrogen-bond acceptors (Lipinski definition) is 5. The first-order chi connectivity index (χ1) is 8.47. The SMILES string of the molecule is Cc1nc(Sc2ncc(Cl)cc2Br)sc1C(=O)O. The van der Waals surface area contributed by atoms with E-state index in [9.17, 15) is 4.79 Å². The zero-order valence-electron chi connectivity index (χ0n) is 8.98. The van der Waals surface area contributed by atoms with Gasteiger partial charge in [0.15, 0.2) is 4.34 Å². The fraction of sp³-hybridized carbons (Fsp3) is 0.100. The van der Waals surface area contributed by atoms with Crippen LogP contribution in [0.5, 0.6) is 0 Å². The maximum absolute atomic E-state index is 10.9. The molecule has 0 radical (unpaired) electrons. The molecule has 1 N–H and O–H groups in total. The highest BCUT2D eigenvalue weighted by Crippen LogP contribution is 2.36. The highest BCUT2D eigenvalue weighted by molar-refractivity contribution is 9.10. The lowest BCUT2D eigenvalue weighted by Crippen LogP contribution is -1.94. The summed E-state index contributed by atoms with van der Waals surface area (Å²) < 4.78 is 1.39. The molecule has 2 heterocycles. The first-order valence-electron chi connectivity index (χ1n) is 4.67. The second-order valence-corrected chi connectivity index (χ2v) is 6.77. The Labute approximate surface area is 125 Å². The van der Waals surface area contributed by atoms with Gasteiger partial charge in [-0.2, -0.15) is 0 Å². The summed E-state index contributed by atoms with van der Waals surface area (Å²) in [7, 11) is 0. The van der Waals surface area contributed by atoms with Gasteiger partial charge in [-0.15, -0.1) is 0 Å². The summed E-state index contributed by atoms with van der Waals surface area (Å²) in [4.78, 5) is 19.5. The number of aromatic carboxylic acids is 1. The highest BCUT2D eigenvalue weighted by Gasteiger charge is 2.16. The second-order valence-electron chi connectivity index (χ2n) is 3.24. The van der Waals surface area contributed by atoms with Crippen LogP contribution >= 0.6 is 50.6 Å². The number of aryl methyl sites for hydroxylation is 1. The van der Waals surface area contributed by atoms with E-state index in [-0.39, 0.29) is 4.88 Å². The number of aromatic nitrogens is 2. The Morgan fingerprint density at radius 1 is 1.61 bits per heavy atom. The van der Waals surface area contributed by atoms with E-state index >= 15 is 0 Å². The van der Waals surface area contributed by atoms with E-state index in [2.05, 4.69) is 25.9 Å². The van der Waals surface area contributed by atoms with Crippen molar-refractivity contribution in [1.29, 1.82) is 0 Å². The predicted molar refractivity (Wildman–Crippen MR) is 74.9 cm³/mol. The largest absolute Gasteiger partial charge is 0.477 e. The van der Waals surface area contributed by atoms with Gasteiger partial charge in [0.1, 0.15) is 9.90 Å². The number of carbonyl (C=O) groups is 1. The molecule has 0 atom stereocenters. The smallest absolute Gasteiger partial charge is 0.347 e. The summed E-state index contributed by atoms with van der Waals surface area (Å²) in [6.45, 7) is 1.67. The fourth-order valence-electron chi connectivity index (χ4n) is 1.17. The Bertz CT molecular complexity index is 618. The quantitative estimate of drug-likeness (QED) is 0.886. The third kappa shape index (κ3) is 3.03. The third-order valence-electron chi connectivity index (χ3n) is 1.93. The number of carboxylic acids is 1. The topological polar surface area (TPSA) is 63.1 Å². The van der Waals surface area contributed by atoms with Crippen LogP contribution in [-0.4, -0.2) is 21.0 Å². The molecule has 0 aromatic carbocycles. The summed E-state index contributed by atoms with van der Waals surface area (Å²) in [6.07, 6.45) is 1.53. The van der Waals surface area contributed by atoms with Gasteiger partial charge < -0.3 is 5.11 Å². The maximum Gasteiger partial charge on any atom is 0.347 e. The van der Waals surface area contributed by atoms with Gasteiger partial charge in [-0.05, 0) is 40.7 Å². The van der Waals surface area contributed by atoms with Crippen molar-refractivity contribution in [2.24, 2.45) is 0 Å². The van der Waals surface area contributed by atoms with E-state index in [4.69, 9.17) is 16.7 Å². The molecule has 0 bridgehead atoms. The van der Waals surface area contributed by atoms with Crippen molar-refractivity contribution in [2.75, 3.05) is 0 Å². The average molecular weight is 366 g/mol. The molecule has 2 aromatic heterocycles. The Kier molecular flexibility index (Phi) is 4.26. The van der Waals surface area contributed by atoms with Crippen LogP contribution in [0.2, 0.25) is 5.02 Å². The van der Waals surface area contributed by atoms with Gasteiger partial charge in [-0.3, -0.25) is 0 Å². The molecule has 0 saturated carbocycles. The minimum absolute atomic E-state index is 0.252. The van der Waals surface area contributed by atoms with Crippen LogP contribution in [0, 0.1) is 6.92 Å². The molecule has 0 spiro atoms. The van der Waals surface area contributed by atoms with E-state index in [1.54, 1.807) is 13.0 Å². The lowest BCUT2D eigenvalue weighted by atomic mass is 10.4. The van der Waals surface area contributed by atoms with Gasteiger partial charge in [0.2, 0.25) is 0 Å². The number of hydrogen-bond donors (Lipinski definition) is 1. The van der Waals surface area contributed by atoms with E-state index in [0.29, 0.717) is 20.1 Å². The Morgan fingerprint density at radius 2 is 2.33 bits per heavy atom. The highest BCUT2D eigenvalue weighted by atomic mass is 79.9. The van der Waals surface area contributed by atoms with Crippen molar-refractivity contribution >= 4 is 56.6 Å². The minimum atomic E-state index is -0.958. The molecule has 2 rings (SSSR count). The van der Waals surface area contributed by atoms with E-state index in [1.165, 1.54) is 18.0 Å². The molecule has 0 aliphatic rings. The molecule has 0 aliphatic heterocycles. The minimum Gasteiger partial charge on any atom is -0.477 e. The Hall–Kier alpha value is -0.630.